The van der Waals surface area contributed by atoms with Crippen LogP contribution in [0.4, 0.5) is 0 Å². The van der Waals surface area contributed by atoms with Crippen molar-refractivity contribution in [3.63, 3.8) is 0 Å². The molecule has 0 saturated carbocycles. The number of nitrogens with zero attached hydrogens (tertiary/aromatic N) is 1. The number of fused-ring (bicyclic) bond motifs is 2. The number of nitrogens with one attached hydrogen (secondary N) is 1. The summed E-state index contributed by atoms with van der Waals surface area (Å²) in [5.74, 6) is 0.989. The van der Waals surface area contributed by atoms with E-state index in [0.29, 0.717) is 6.54 Å². The third kappa shape index (κ3) is 1.79. The number of benzene rings is 1. The van der Waals surface area contributed by atoms with E-state index in [1.54, 1.807) is 0 Å². The molecule has 96 valence electrons. The van der Waals surface area contributed by atoms with Gasteiger partial charge in [-0.05, 0) is 48.6 Å². The van der Waals surface area contributed by atoms with Crippen LogP contribution in [0.3, 0.4) is 0 Å². The summed E-state index contributed by atoms with van der Waals surface area (Å²) in [5, 5.41) is 0. The van der Waals surface area contributed by atoms with Gasteiger partial charge in [-0.1, -0.05) is 6.07 Å². The molecule has 0 saturated heterocycles. The Hall–Kier alpha value is -1.65. The van der Waals surface area contributed by atoms with Gasteiger partial charge in [0, 0.05) is 11.4 Å². The molecule has 0 radical (unpaired) electrons. The molecule has 3 N–H and O–H groups in total. The number of aromatic nitrogens is 2. The lowest BCUT2D eigenvalue weighted by atomic mass is 10.2. The van der Waals surface area contributed by atoms with Crippen LogP contribution in [-0.4, -0.2) is 9.97 Å². The second-order valence-electron chi connectivity index (χ2n) is 5.05. The first-order valence-corrected chi connectivity index (χ1v) is 7.46. The molecule has 3 aromatic rings. The van der Waals surface area contributed by atoms with Crippen LogP contribution in [0.25, 0.3) is 21.7 Å². The summed E-state index contributed by atoms with van der Waals surface area (Å²) in [7, 11) is 0. The van der Waals surface area contributed by atoms with Gasteiger partial charge in [0.15, 0.2) is 0 Å². The van der Waals surface area contributed by atoms with Crippen molar-refractivity contribution in [3.05, 3.63) is 40.3 Å². The van der Waals surface area contributed by atoms with Crippen molar-refractivity contribution in [2.24, 2.45) is 5.73 Å². The van der Waals surface area contributed by atoms with Gasteiger partial charge in [-0.25, -0.2) is 4.98 Å². The molecule has 3 nitrogen and oxygen atoms in total. The van der Waals surface area contributed by atoms with E-state index < -0.39 is 0 Å². The fourth-order valence-corrected chi connectivity index (χ4v) is 3.94. The third-order valence-corrected chi connectivity index (χ3v) is 5.01. The minimum Gasteiger partial charge on any atom is -0.337 e. The fourth-order valence-electron chi connectivity index (χ4n) is 2.75. The van der Waals surface area contributed by atoms with Gasteiger partial charge < -0.3 is 10.7 Å². The molecule has 1 aliphatic carbocycles. The maximum atomic E-state index is 5.68. The first-order chi connectivity index (χ1) is 9.33. The highest BCUT2D eigenvalue weighted by molar-refractivity contribution is 7.15. The lowest BCUT2D eigenvalue weighted by Crippen LogP contribution is -1.95. The molecule has 0 fully saturated rings. The average molecular weight is 269 g/mol. The van der Waals surface area contributed by atoms with Crippen molar-refractivity contribution in [2.45, 2.75) is 25.8 Å². The molecule has 0 spiro atoms. The van der Waals surface area contributed by atoms with Crippen molar-refractivity contribution in [1.82, 2.24) is 9.97 Å². The van der Waals surface area contributed by atoms with E-state index in [1.165, 1.54) is 34.6 Å². The molecule has 1 aromatic carbocycles. The van der Waals surface area contributed by atoms with Crippen molar-refractivity contribution < 1.29 is 0 Å². The first kappa shape index (κ1) is 11.2. The normalized spacial score (nSPS) is 14.2. The molecular formula is C15H15N3S. The zero-order valence-electron chi connectivity index (χ0n) is 10.6. The molecular weight excluding hydrogens is 254 g/mol. The Labute approximate surface area is 115 Å². The summed E-state index contributed by atoms with van der Waals surface area (Å²) in [6, 6.07) is 8.47. The Morgan fingerprint density at radius 3 is 3.05 bits per heavy atom. The number of nitrogens with two attached hydrogens (primary N) is 1. The van der Waals surface area contributed by atoms with Crippen molar-refractivity contribution in [3.8, 4) is 10.7 Å². The second kappa shape index (κ2) is 4.18. The summed E-state index contributed by atoms with van der Waals surface area (Å²) >= 11 is 1.88. The molecule has 1 aliphatic rings. The highest BCUT2D eigenvalue weighted by Gasteiger charge is 2.17. The largest absolute Gasteiger partial charge is 0.337 e. The molecule has 2 heterocycles. The van der Waals surface area contributed by atoms with Gasteiger partial charge in [-0.3, -0.25) is 0 Å². The molecule has 19 heavy (non-hydrogen) atoms. The SMILES string of the molecule is NCc1ccc2nc(-c3cc4c(s3)CCC4)[nH]c2c1. The van der Waals surface area contributed by atoms with E-state index in [-0.39, 0.29) is 0 Å². The van der Waals surface area contributed by atoms with Gasteiger partial charge >= 0.3 is 0 Å². The Balaban J connectivity index is 1.81. The molecule has 0 atom stereocenters. The van der Waals surface area contributed by atoms with Gasteiger partial charge in [0.25, 0.3) is 0 Å². The monoisotopic (exact) mass is 269 g/mol. The quantitative estimate of drug-likeness (QED) is 0.750. The fraction of sp³-hybridized carbons (Fsp3) is 0.267. The summed E-state index contributed by atoms with van der Waals surface area (Å²) < 4.78 is 0. The maximum absolute atomic E-state index is 5.68. The van der Waals surface area contributed by atoms with E-state index >= 15 is 0 Å². The van der Waals surface area contributed by atoms with E-state index in [9.17, 15) is 0 Å². The lowest BCUT2D eigenvalue weighted by molar-refractivity contribution is 0.915. The van der Waals surface area contributed by atoms with Crippen LogP contribution in [0.1, 0.15) is 22.4 Å². The zero-order valence-corrected chi connectivity index (χ0v) is 11.4. The van der Waals surface area contributed by atoms with E-state index in [2.05, 4.69) is 22.1 Å². The molecule has 4 rings (SSSR count). The Morgan fingerprint density at radius 2 is 2.21 bits per heavy atom. The summed E-state index contributed by atoms with van der Waals surface area (Å²) in [5.41, 5.74) is 10.4. The second-order valence-corrected chi connectivity index (χ2v) is 6.19. The Kier molecular flexibility index (Phi) is 2.47. The zero-order chi connectivity index (χ0) is 12.8. The molecule has 0 unspecified atom stereocenters. The van der Waals surface area contributed by atoms with E-state index in [0.717, 1.165) is 22.4 Å². The van der Waals surface area contributed by atoms with E-state index in [1.807, 2.05) is 23.5 Å². The summed E-state index contributed by atoms with van der Waals surface area (Å²) in [4.78, 5) is 10.9. The topological polar surface area (TPSA) is 54.7 Å². The van der Waals surface area contributed by atoms with Crippen molar-refractivity contribution in [1.29, 1.82) is 0 Å². The predicted octanol–water partition coefficient (Wildman–Crippen LogP) is 3.24. The number of aryl methyl sites for hydroxylation is 2. The van der Waals surface area contributed by atoms with Gasteiger partial charge in [0.2, 0.25) is 0 Å². The number of hydrogen-bond donors (Lipinski definition) is 2. The number of rotatable bonds is 2. The minimum absolute atomic E-state index is 0.567. The van der Waals surface area contributed by atoms with Gasteiger partial charge in [-0.2, -0.15) is 0 Å². The molecule has 0 bridgehead atoms. The highest BCUT2D eigenvalue weighted by Crippen LogP contribution is 2.36. The Morgan fingerprint density at radius 1 is 1.26 bits per heavy atom. The predicted molar refractivity (Wildman–Crippen MR) is 79.3 cm³/mol. The number of aromatic amines is 1. The van der Waals surface area contributed by atoms with Gasteiger partial charge in [-0.15, -0.1) is 11.3 Å². The van der Waals surface area contributed by atoms with Crippen LogP contribution in [0.2, 0.25) is 0 Å². The third-order valence-electron chi connectivity index (χ3n) is 3.76. The Bertz CT molecular complexity index is 732. The average Bonchev–Trinajstić information content (AvgIpc) is 3.10. The van der Waals surface area contributed by atoms with Gasteiger partial charge in [0.1, 0.15) is 5.82 Å². The van der Waals surface area contributed by atoms with Crippen LogP contribution in [0.15, 0.2) is 24.3 Å². The number of hydrogen-bond acceptors (Lipinski definition) is 3. The van der Waals surface area contributed by atoms with Crippen LogP contribution in [0, 0.1) is 0 Å². The van der Waals surface area contributed by atoms with Crippen LogP contribution >= 0.6 is 11.3 Å². The van der Waals surface area contributed by atoms with Gasteiger partial charge in [0.05, 0.1) is 15.9 Å². The minimum atomic E-state index is 0.567. The lowest BCUT2D eigenvalue weighted by Gasteiger charge is -1.94. The first-order valence-electron chi connectivity index (χ1n) is 6.64. The standard InChI is InChI=1S/C15H15N3S/c16-8-9-4-5-11-12(6-9)18-15(17-11)14-7-10-2-1-3-13(10)19-14/h4-7H,1-3,8,16H2,(H,17,18). The summed E-state index contributed by atoms with van der Waals surface area (Å²) in [6.07, 6.45) is 3.77. The van der Waals surface area contributed by atoms with Crippen LogP contribution in [0.5, 0.6) is 0 Å². The number of H-pyrrole nitrogens is 1. The number of imidazole rings is 1. The van der Waals surface area contributed by atoms with Crippen molar-refractivity contribution in [2.75, 3.05) is 0 Å². The molecule has 4 heteroatoms. The maximum Gasteiger partial charge on any atom is 0.148 e. The van der Waals surface area contributed by atoms with Crippen molar-refractivity contribution >= 4 is 22.4 Å². The van der Waals surface area contributed by atoms with Crippen LogP contribution < -0.4 is 5.73 Å². The molecule has 0 aliphatic heterocycles. The van der Waals surface area contributed by atoms with E-state index in [4.69, 9.17) is 5.73 Å². The molecule has 2 aromatic heterocycles. The smallest absolute Gasteiger partial charge is 0.148 e. The van der Waals surface area contributed by atoms with Crippen LogP contribution in [-0.2, 0) is 19.4 Å². The molecule has 0 amide bonds. The highest BCUT2D eigenvalue weighted by atomic mass is 32.1. The summed E-state index contributed by atoms with van der Waals surface area (Å²) in [6.45, 7) is 0.567. The number of thiophene rings is 1.